The molecule has 3 N–H and O–H groups in total. The van der Waals surface area contributed by atoms with Gasteiger partial charge in [0.15, 0.2) is 18.1 Å². The van der Waals surface area contributed by atoms with Gasteiger partial charge in [0.1, 0.15) is 0 Å². The van der Waals surface area contributed by atoms with Crippen LogP contribution in [0.3, 0.4) is 0 Å². The summed E-state index contributed by atoms with van der Waals surface area (Å²) >= 11 is 0. The SMILES string of the molecule is COc1cc(CNC(=O)CCCN)ccc1OCC(F)(F)F.Cl. The van der Waals surface area contributed by atoms with Gasteiger partial charge >= 0.3 is 6.18 Å². The summed E-state index contributed by atoms with van der Waals surface area (Å²) in [7, 11) is 1.33. The van der Waals surface area contributed by atoms with Crippen LogP contribution in [0.15, 0.2) is 18.2 Å². The molecule has 0 aliphatic heterocycles. The Kier molecular flexibility index (Phi) is 9.43. The summed E-state index contributed by atoms with van der Waals surface area (Å²) < 4.78 is 46.1. The van der Waals surface area contributed by atoms with E-state index in [9.17, 15) is 18.0 Å². The fraction of sp³-hybridized carbons (Fsp3) is 0.500. The van der Waals surface area contributed by atoms with E-state index in [0.29, 0.717) is 24.9 Å². The van der Waals surface area contributed by atoms with Crippen LogP contribution in [0.5, 0.6) is 11.5 Å². The minimum Gasteiger partial charge on any atom is -0.493 e. The van der Waals surface area contributed by atoms with Gasteiger partial charge in [-0.15, -0.1) is 12.4 Å². The normalized spacial score (nSPS) is 10.7. The van der Waals surface area contributed by atoms with Crippen molar-refractivity contribution in [2.75, 3.05) is 20.3 Å². The summed E-state index contributed by atoms with van der Waals surface area (Å²) in [6.07, 6.45) is -3.49. The van der Waals surface area contributed by atoms with Gasteiger partial charge in [0.25, 0.3) is 0 Å². The van der Waals surface area contributed by atoms with Crippen LogP contribution in [0.2, 0.25) is 0 Å². The molecule has 0 aromatic heterocycles. The molecule has 0 fully saturated rings. The molecular weight excluding hydrogens is 337 g/mol. The Morgan fingerprint density at radius 1 is 1.30 bits per heavy atom. The summed E-state index contributed by atoms with van der Waals surface area (Å²) in [5, 5.41) is 2.69. The number of halogens is 4. The molecule has 0 bridgehead atoms. The number of nitrogens with one attached hydrogen (secondary N) is 1. The molecule has 0 heterocycles. The Labute approximate surface area is 138 Å². The number of methoxy groups -OCH3 is 1. The molecule has 1 aromatic carbocycles. The van der Waals surface area contributed by atoms with E-state index in [0.717, 1.165) is 0 Å². The first kappa shape index (κ1) is 21.3. The Hall–Kier alpha value is -1.67. The van der Waals surface area contributed by atoms with Crippen molar-refractivity contribution in [3.63, 3.8) is 0 Å². The zero-order valence-corrected chi connectivity index (χ0v) is 13.4. The third kappa shape index (κ3) is 8.51. The second kappa shape index (κ2) is 10.2. The third-order valence-electron chi connectivity index (χ3n) is 2.72. The van der Waals surface area contributed by atoms with E-state index in [1.807, 2.05) is 0 Å². The number of ether oxygens (including phenoxy) is 2. The van der Waals surface area contributed by atoms with Crippen molar-refractivity contribution < 1.29 is 27.4 Å². The molecule has 132 valence electrons. The Morgan fingerprint density at radius 2 is 2.00 bits per heavy atom. The van der Waals surface area contributed by atoms with Crippen LogP contribution in [0.25, 0.3) is 0 Å². The first-order valence-corrected chi connectivity index (χ1v) is 6.69. The van der Waals surface area contributed by atoms with Crippen LogP contribution >= 0.6 is 12.4 Å². The fourth-order valence-electron chi connectivity index (χ4n) is 1.65. The van der Waals surface area contributed by atoms with Crippen LogP contribution in [-0.2, 0) is 11.3 Å². The van der Waals surface area contributed by atoms with Gasteiger partial charge in [0, 0.05) is 13.0 Å². The van der Waals surface area contributed by atoms with Gasteiger partial charge in [-0.1, -0.05) is 6.07 Å². The van der Waals surface area contributed by atoms with E-state index in [1.54, 1.807) is 6.07 Å². The van der Waals surface area contributed by atoms with E-state index in [-0.39, 0.29) is 36.4 Å². The highest BCUT2D eigenvalue weighted by Gasteiger charge is 2.29. The molecule has 0 aliphatic carbocycles. The molecule has 1 amide bonds. The first-order chi connectivity index (χ1) is 10.4. The highest BCUT2D eigenvalue weighted by molar-refractivity contribution is 5.85. The average molecular weight is 357 g/mol. The highest BCUT2D eigenvalue weighted by Crippen LogP contribution is 2.29. The Bertz CT molecular complexity index is 499. The standard InChI is InChI=1S/C14H19F3N2O3.ClH/c1-21-12-7-10(8-19-13(20)3-2-6-18)4-5-11(12)22-9-14(15,16)17;/h4-5,7H,2-3,6,8-9,18H2,1H3,(H,19,20);1H. The second-order valence-electron chi connectivity index (χ2n) is 4.56. The lowest BCUT2D eigenvalue weighted by molar-refractivity contribution is -0.153. The summed E-state index contributed by atoms with van der Waals surface area (Å²) in [6, 6.07) is 4.47. The summed E-state index contributed by atoms with van der Waals surface area (Å²) in [5.74, 6) is 0.0396. The number of hydrogen-bond acceptors (Lipinski definition) is 4. The number of nitrogens with two attached hydrogens (primary N) is 1. The van der Waals surface area contributed by atoms with Gasteiger partial charge in [0.2, 0.25) is 5.91 Å². The first-order valence-electron chi connectivity index (χ1n) is 6.69. The van der Waals surface area contributed by atoms with Gasteiger partial charge in [-0.25, -0.2) is 0 Å². The number of carbonyl (C=O) groups excluding carboxylic acids is 1. The predicted octanol–water partition coefficient (Wildman–Crippen LogP) is 2.41. The molecule has 0 atom stereocenters. The minimum absolute atomic E-state index is 0. The minimum atomic E-state index is -4.42. The molecule has 5 nitrogen and oxygen atoms in total. The monoisotopic (exact) mass is 356 g/mol. The van der Waals surface area contributed by atoms with E-state index in [4.69, 9.17) is 10.5 Å². The van der Waals surface area contributed by atoms with Crippen LogP contribution in [-0.4, -0.2) is 32.3 Å². The molecule has 1 aromatic rings. The number of benzene rings is 1. The smallest absolute Gasteiger partial charge is 0.422 e. The quantitative estimate of drug-likeness (QED) is 0.750. The average Bonchev–Trinajstić information content (AvgIpc) is 2.48. The van der Waals surface area contributed by atoms with Crippen molar-refractivity contribution in [1.82, 2.24) is 5.32 Å². The number of alkyl halides is 3. The summed E-state index contributed by atoms with van der Waals surface area (Å²) in [4.78, 5) is 11.5. The van der Waals surface area contributed by atoms with E-state index in [2.05, 4.69) is 10.1 Å². The lowest BCUT2D eigenvalue weighted by Crippen LogP contribution is -2.23. The lowest BCUT2D eigenvalue weighted by atomic mass is 10.2. The van der Waals surface area contributed by atoms with E-state index >= 15 is 0 Å². The molecule has 0 saturated carbocycles. The predicted molar refractivity (Wildman–Crippen MR) is 81.9 cm³/mol. The van der Waals surface area contributed by atoms with Crippen molar-refractivity contribution in [3.05, 3.63) is 23.8 Å². The lowest BCUT2D eigenvalue weighted by Gasteiger charge is -2.14. The number of amides is 1. The van der Waals surface area contributed by atoms with Gasteiger partial charge < -0.3 is 20.5 Å². The number of rotatable bonds is 8. The zero-order valence-electron chi connectivity index (χ0n) is 12.6. The Morgan fingerprint density at radius 3 is 2.57 bits per heavy atom. The van der Waals surface area contributed by atoms with E-state index in [1.165, 1.54) is 19.2 Å². The molecule has 23 heavy (non-hydrogen) atoms. The molecule has 0 unspecified atom stereocenters. The van der Waals surface area contributed by atoms with Gasteiger partial charge in [-0.3, -0.25) is 4.79 Å². The summed E-state index contributed by atoms with van der Waals surface area (Å²) in [5.41, 5.74) is 6.00. The van der Waals surface area contributed by atoms with Crippen LogP contribution in [0, 0.1) is 0 Å². The molecule has 0 aliphatic rings. The summed E-state index contributed by atoms with van der Waals surface area (Å²) in [6.45, 7) is -0.704. The van der Waals surface area contributed by atoms with Gasteiger partial charge in [0.05, 0.1) is 7.11 Å². The topological polar surface area (TPSA) is 73.6 Å². The molecule has 0 saturated heterocycles. The van der Waals surface area contributed by atoms with Gasteiger partial charge in [-0.05, 0) is 30.7 Å². The van der Waals surface area contributed by atoms with Crippen LogP contribution in [0.4, 0.5) is 13.2 Å². The van der Waals surface area contributed by atoms with Crippen molar-refractivity contribution in [1.29, 1.82) is 0 Å². The van der Waals surface area contributed by atoms with Crippen molar-refractivity contribution in [3.8, 4) is 11.5 Å². The highest BCUT2D eigenvalue weighted by atomic mass is 35.5. The number of hydrogen-bond donors (Lipinski definition) is 2. The van der Waals surface area contributed by atoms with Crippen molar-refractivity contribution in [2.45, 2.75) is 25.6 Å². The van der Waals surface area contributed by atoms with Crippen molar-refractivity contribution >= 4 is 18.3 Å². The largest absolute Gasteiger partial charge is 0.493 e. The maximum Gasteiger partial charge on any atom is 0.422 e. The van der Waals surface area contributed by atoms with Gasteiger partial charge in [-0.2, -0.15) is 13.2 Å². The maximum atomic E-state index is 12.1. The molecular formula is C14H20ClF3N2O3. The van der Waals surface area contributed by atoms with Crippen molar-refractivity contribution in [2.24, 2.45) is 5.73 Å². The third-order valence-corrected chi connectivity index (χ3v) is 2.72. The molecule has 0 spiro atoms. The van der Waals surface area contributed by atoms with Crippen LogP contribution in [0.1, 0.15) is 18.4 Å². The molecule has 0 radical (unpaired) electrons. The second-order valence-corrected chi connectivity index (χ2v) is 4.56. The van der Waals surface area contributed by atoms with E-state index < -0.39 is 12.8 Å². The molecule has 9 heteroatoms. The molecule has 1 rings (SSSR count). The fourth-order valence-corrected chi connectivity index (χ4v) is 1.65. The zero-order chi connectivity index (χ0) is 16.6. The Balaban J connectivity index is 0.00000484. The van der Waals surface area contributed by atoms with Crippen LogP contribution < -0.4 is 20.5 Å². The maximum absolute atomic E-state index is 12.1. The number of carbonyl (C=O) groups is 1.